The highest BCUT2D eigenvalue weighted by Crippen LogP contribution is 2.41. The fraction of sp³-hybridized carbons (Fsp3) is 0.238. The summed E-state index contributed by atoms with van der Waals surface area (Å²) in [5, 5.41) is 8.78. The van der Waals surface area contributed by atoms with Crippen molar-refractivity contribution in [1.82, 2.24) is 14.9 Å². The summed E-state index contributed by atoms with van der Waals surface area (Å²) in [6, 6.07) is 10.1. The molecule has 1 N–H and O–H groups in total. The Balaban J connectivity index is 1.59. The minimum Gasteiger partial charge on any atom is -0.495 e. The first-order chi connectivity index (χ1) is 15.1. The van der Waals surface area contributed by atoms with Crippen molar-refractivity contribution in [1.29, 1.82) is 0 Å². The van der Waals surface area contributed by atoms with Crippen molar-refractivity contribution in [3.8, 4) is 11.5 Å². The number of hydrogen-bond donors (Lipinski definition) is 1. The maximum Gasteiger partial charge on any atom is 0.266 e. The molecule has 0 fully saturated rings. The van der Waals surface area contributed by atoms with Crippen LogP contribution in [0.3, 0.4) is 0 Å². The smallest absolute Gasteiger partial charge is 0.266 e. The number of hydrogen-bond acceptors (Lipinski definition) is 7. The van der Waals surface area contributed by atoms with Gasteiger partial charge in [0.1, 0.15) is 21.8 Å². The van der Waals surface area contributed by atoms with Crippen LogP contribution in [0.25, 0.3) is 11.0 Å². The fourth-order valence-corrected chi connectivity index (χ4v) is 5.00. The van der Waals surface area contributed by atoms with Crippen molar-refractivity contribution in [2.75, 3.05) is 18.4 Å². The maximum atomic E-state index is 13.0. The Morgan fingerprint density at radius 2 is 2.13 bits per heavy atom. The van der Waals surface area contributed by atoms with E-state index in [4.69, 9.17) is 14.0 Å². The zero-order valence-electron chi connectivity index (χ0n) is 16.7. The van der Waals surface area contributed by atoms with E-state index in [1.165, 1.54) is 13.2 Å². The van der Waals surface area contributed by atoms with Crippen LogP contribution in [-0.2, 0) is 23.0 Å². The van der Waals surface area contributed by atoms with Gasteiger partial charge in [0.2, 0.25) is 0 Å². The lowest BCUT2D eigenvalue weighted by Crippen LogP contribution is -2.16. The van der Waals surface area contributed by atoms with Gasteiger partial charge in [0, 0.05) is 18.0 Å². The molecule has 0 atom stereocenters. The van der Waals surface area contributed by atoms with E-state index in [1.807, 2.05) is 23.0 Å². The molecule has 0 radical (unpaired) electrons. The second-order valence-electron chi connectivity index (χ2n) is 7.16. The Bertz CT molecular complexity index is 1350. The van der Waals surface area contributed by atoms with Crippen LogP contribution in [0.5, 0.6) is 11.5 Å². The number of para-hydroxylation sites is 1. The zero-order chi connectivity index (χ0) is 21.4. The summed E-state index contributed by atoms with van der Waals surface area (Å²) in [5.74, 6) is 0.928. The second kappa shape index (κ2) is 7.62. The molecule has 3 heterocycles. The summed E-state index contributed by atoms with van der Waals surface area (Å²) in [5.41, 5.74) is 2.46. The first-order valence-corrected chi connectivity index (χ1v) is 11.3. The third kappa shape index (κ3) is 3.48. The van der Waals surface area contributed by atoms with Gasteiger partial charge in [0.25, 0.3) is 10.0 Å². The lowest BCUT2D eigenvalue weighted by Gasteiger charge is -2.21. The average molecular weight is 440 g/mol. The maximum absolute atomic E-state index is 13.0. The van der Waals surface area contributed by atoms with Crippen molar-refractivity contribution in [3.05, 3.63) is 59.9 Å². The molecule has 0 aliphatic carbocycles. The summed E-state index contributed by atoms with van der Waals surface area (Å²) >= 11 is 0. The SMILES string of the molecule is COc1ccccc1S(=O)(=O)Nc1noc2cc(Cn3cccn3)c3c(c12)OCCC3. The Labute approximate surface area is 178 Å². The van der Waals surface area contributed by atoms with E-state index in [-0.39, 0.29) is 16.5 Å². The number of anilines is 1. The van der Waals surface area contributed by atoms with Crippen LogP contribution in [-0.4, -0.2) is 37.1 Å². The van der Waals surface area contributed by atoms with Gasteiger partial charge in [-0.05, 0) is 42.7 Å². The van der Waals surface area contributed by atoms with Crippen LogP contribution in [0.2, 0.25) is 0 Å². The normalized spacial score (nSPS) is 13.6. The van der Waals surface area contributed by atoms with E-state index < -0.39 is 10.0 Å². The highest BCUT2D eigenvalue weighted by Gasteiger charge is 2.27. The molecule has 0 spiro atoms. The monoisotopic (exact) mass is 440 g/mol. The lowest BCUT2D eigenvalue weighted by molar-refractivity contribution is 0.291. The fourth-order valence-electron chi connectivity index (χ4n) is 3.82. The lowest BCUT2D eigenvalue weighted by atomic mass is 9.97. The molecule has 4 aromatic rings. The van der Waals surface area contributed by atoms with E-state index >= 15 is 0 Å². The molecule has 2 aromatic carbocycles. The van der Waals surface area contributed by atoms with Crippen molar-refractivity contribution in [3.63, 3.8) is 0 Å². The van der Waals surface area contributed by atoms with Gasteiger partial charge in [-0.3, -0.25) is 9.40 Å². The summed E-state index contributed by atoms with van der Waals surface area (Å²) in [6.07, 6.45) is 5.29. The standard InChI is InChI=1S/C21H20N4O5S/c1-28-16-7-2-3-8-18(16)31(26,27)24-21-19-17(30-23-21)12-14(13-25-10-5-9-22-25)15-6-4-11-29-20(15)19/h2-3,5,7-10,12H,4,6,11,13H2,1H3,(H,23,24). The summed E-state index contributed by atoms with van der Waals surface area (Å²) in [6.45, 7) is 1.09. The Morgan fingerprint density at radius 3 is 2.94 bits per heavy atom. The molecule has 0 amide bonds. The summed E-state index contributed by atoms with van der Waals surface area (Å²) < 4.78 is 47.1. The van der Waals surface area contributed by atoms with Gasteiger partial charge in [0.05, 0.1) is 20.3 Å². The predicted molar refractivity (Wildman–Crippen MR) is 113 cm³/mol. The van der Waals surface area contributed by atoms with Crippen LogP contribution in [0, 0.1) is 0 Å². The molecular formula is C21H20N4O5S. The molecule has 0 bridgehead atoms. The van der Waals surface area contributed by atoms with Crippen molar-refractivity contribution < 1.29 is 22.4 Å². The van der Waals surface area contributed by atoms with Crippen LogP contribution in [0.15, 0.2) is 58.2 Å². The minimum absolute atomic E-state index is 0.0127. The highest BCUT2D eigenvalue weighted by atomic mass is 32.2. The molecular weight excluding hydrogens is 420 g/mol. The zero-order valence-corrected chi connectivity index (χ0v) is 17.6. The summed E-state index contributed by atoms with van der Waals surface area (Å²) in [7, 11) is -2.54. The molecule has 5 rings (SSSR count). The Hall–Kier alpha value is -3.53. The molecule has 1 aliphatic rings. The number of nitrogens with zero attached hydrogens (tertiary/aromatic N) is 3. The number of benzene rings is 2. The molecule has 0 saturated carbocycles. The molecule has 9 nitrogen and oxygen atoms in total. The number of ether oxygens (including phenoxy) is 2. The van der Waals surface area contributed by atoms with Crippen molar-refractivity contribution in [2.45, 2.75) is 24.3 Å². The topological polar surface area (TPSA) is 108 Å². The van der Waals surface area contributed by atoms with E-state index in [9.17, 15) is 8.42 Å². The first-order valence-electron chi connectivity index (χ1n) is 9.77. The molecule has 31 heavy (non-hydrogen) atoms. The van der Waals surface area contributed by atoms with E-state index in [2.05, 4.69) is 15.0 Å². The summed E-state index contributed by atoms with van der Waals surface area (Å²) in [4.78, 5) is 0.0127. The third-order valence-electron chi connectivity index (χ3n) is 5.21. The van der Waals surface area contributed by atoms with Gasteiger partial charge >= 0.3 is 0 Å². The second-order valence-corrected chi connectivity index (χ2v) is 8.81. The minimum atomic E-state index is -3.96. The van der Waals surface area contributed by atoms with Gasteiger partial charge in [-0.2, -0.15) is 5.10 Å². The molecule has 160 valence electrons. The van der Waals surface area contributed by atoms with Gasteiger partial charge < -0.3 is 14.0 Å². The number of methoxy groups -OCH3 is 1. The number of rotatable bonds is 6. The van der Waals surface area contributed by atoms with E-state index in [1.54, 1.807) is 24.4 Å². The predicted octanol–water partition coefficient (Wildman–Crippen LogP) is 3.21. The Morgan fingerprint density at radius 1 is 1.26 bits per heavy atom. The van der Waals surface area contributed by atoms with Gasteiger partial charge in [-0.15, -0.1) is 0 Å². The first kappa shape index (κ1) is 19.4. The van der Waals surface area contributed by atoms with Crippen LogP contribution in [0.4, 0.5) is 5.82 Å². The largest absolute Gasteiger partial charge is 0.495 e. The molecule has 2 aromatic heterocycles. The van der Waals surface area contributed by atoms with E-state index in [0.717, 1.165) is 24.0 Å². The van der Waals surface area contributed by atoms with Crippen LogP contribution < -0.4 is 14.2 Å². The third-order valence-corrected chi connectivity index (χ3v) is 6.59. The number of sulfonamides is 1. The van der Waals surface area contributed by atoms with Gasteiger partial charge in [-0.1, -0.05) is 17.3 Å². The quantitative estimate of drug-likeness (QED) is 0.490. The van der Waals surface area contributed by atoms with Gasteiger partial charge in [-0.25, -0.2) is 8.42 Å². The Kier molecular flexibility index (Phi) is 4.78. The number of aromatic nitrogens is 3. The number of fused-ring (bicyclic) bond motifs is 3. The average Bonchev–Trinajstić information content (AvgIpc) is 3.44. The molecule has 0 saturated heterocycles. The van der Waals surface area contributed by atoms with Crippen molar-refractivity contribution >= 4 is 26.8 Å². The van der Waals surface area contributed by atoms with Crippen LogP contribution >= 0.6 is 0 Å². The highest BCUT2D eigenvalue weighted by molar-refractivity contribution is 7.92. The van der Waals surface area contributed by atoms with Gasteiger partial charge in [0.15, 0.2) is 11.4 Å². The van der Waals surface area contributed by atoms with Crippen LogP contribution in [0.1, 0.15) is 17.5 Å². The molecule has 1 aliphatic heterocycles. The molecule has 10 heteroatoms. The van der Waals surface area contributed by atoms with Crippen molar-refractivity contribution in [2.24, 2.45) is 0 Å². The van der Waals surface area contributed by atoms with E-state index in [0.29, 0.717) is 29.9 Å². The number of nitrogens with one attached hydrogen (secondary N) is 1. The molecule has 0 unspecified atom stereocenters.